The zero-order valence-corrected chi connectivity index (χ0v) is 18.6. The molecule has 33 heavy (non-hydrogen) atoms. The molecular weight excluding hydrogens is 412 g/mol. The van der Waals surface area contributed by atoms with E-state index in [0.29, 0.717) is 0 Å². The normalized spacial score (nSPS) is 14.9. The number of rotatable bonds is 5. The van der Waals surface area contributed by atoms with E-state index >= 15 is 0 Å². The largest absolute Gasteiger partial charge is 0.368 e. The molecule has 0 spiro atoms. The van der Waals surface area contributed by atoms with Gasteiger partial charge in [-0.3, -0.25) is 4.98 Å². The van der Waals surface area contributed by atoms with Crippen LogP contribution in [0.3, 0.4) is 0 Å². The lowest BCUT2D eigenvalue weighted by atomic mass is 10.1. The molecule has 0 atom stereocenters. The Labute approximate surface area is 191 Å². The molecule has 2 N–H and O–H groups in total. The molecule has 0 amide bonds. The number of hydrogen-bond acceptors (Lipinski definition) is 6. The number of nitrogens with zero attached hydrogens (tertiary/aromatic N) is 6. The van der Waals surface area contributed by atoms with E-state index in [1.807, 2.05) is 47.5 Å². The van der Waals surface area contributed by atoms with Gasteiger partial charge in [0.15, 0.2) is 5.65 Å². The third-order valence-corrected chi connectivity index (χ3v) is 6.41. The standard InChI is InChI=1S/C25H26N8/c1-2-31-9-11-32(12-10-31)20-3-4-24(29-16-20)30-23-14-19(17-33-8-7-27-25(23)33)18-13-22-21(28-15-18)5-6-26-22/h3-8,13-17,26H,2,9-12H2,1H3,(H,29,30). The third-order valence-electron chi connectivity index (χ3n) is 6.41. The lowest BCUT2D eigenvalue weighted by molar-refractivity contribution is 0.271. The number of likely N-dealkylation sites (N-methyl/N-ethyl adjacent to an activating group) is 1. The molecule has 8 heteroatoms. The Morgan fingerprint density at radius 2 is 1.88 bits per heavy atom. The van der Waals surface area contributed by atoms with E-state index in [-0.39, 0.29) is 0 Å². The molecule has 1 aliphatic heterocycles. The molecular formula is C25H26N8. The number of imidazole rings is 1. The number of piperazine rings is 1. The molecule has 1 fully saturated rings. The highest BCUT2D eigenvalue weighted by Crippen LogP contribution is 2.29. The van der Waals surface area contributed by atoms with Crippen molar-refractivity contribution >= 4 is 33.9 Å². The first-order chi connectivity index (χ1) is 16.3. The molecule has 5 aromatic heterocycles. The van der Waals surface area contributed by atoms with E-state index in [1.54, 1.807) is 0 Å². The van der Waals surface area contributed by atoms with Gasteiger partial charge < -0.3 is 24.5 Å². The predicted octanol–water partition coefficient (Wildman–Crippen LogP) is 4.16. The van der Waals surface area contributed by atoms with Crippen molar-refractivity contribution in [1.82, 2.24) is 29.2 Å². The molecule has 6 heterocycles. The highest BCUT2D eigenvalue weighted by atomic mass is 15.3. The lowest BCUT2D eigenvalue weighted by Gasteiger charge is -2.35. The second-order valence-electron chi connectivity index (χ2n) is 8.38. The average Bonchev–Trinajstić information content (AvgIpc) is 3.53. The summed E-state index contributed by atoms with van der Waals surface area (Å²) in [7, 11) is 0. The second-order valence-corrected chi connectivity index (χ2v) is 8.38. The SMILES string of the molecule is CCN1CCN(c2ccc(Nc3cc(-c4cnc5cc[nH]c5c4)cn4ccnc34)nc2)CC1. The summed E-state index contributed by atoms with van der Waals surface area (Å²) in [6.45, 7) is 7.62. The van der Waals surface area contributed by atoms with Crippen LogP contribution in [0.5, 0.6) is 0 Å². The van der Waals surface area contributed by atoms with Gasteiger partial charge >= 0.3 is 0 Å². The van der Waals surface area contributed by atoms with Crippen molar-refractivity contribution in [1.29, 1.82) is 0 Å². The smallest absolute Gasteiger partial charge is 0.160 e. The quantitative estimate of drug-likeness (QED) is 0.429. The fraction of sp³-hybridized carbons (Fsp3) is 0.240. The number of fused-ring (bicyclic) bond motifs is 2. The van der Waals surface area contributed by atoms with Gasteiger partial charge in [0.1, 0.15) is 5.82 Å². The van der Waals surface area contributed by atoms with Gasteiger partial charge in [-0.25, -0.2) is 9.97 Å². The first-order valence-corrected chi connectivity index (χ1v) is 11.4. The van der Waals surface area contributed by atoms with Crippen molar-refractivity contribution < 1.29 is 0 Å². The number of aromatic amines is 1. The molecule has 5 aromatic rings. The molecule has 0 aromatic carbocycles. The minimum Gasteiger partial charge on any atom is -0.368 e. The summed E-state index contributed by atoms with van der Waals surface area (Å²) in [6, 6.07) is 10.4. The first kappa shape index (κ1) is 19.8. The van der Waals surface area contributed by atoms with Gasteiger partial charge in [-0.2, -0.15) is 0 Å². The Hall–Kier alpha value is -3.91. The van der Waals surface area contributed by atoms with Crippen LogP contribution in [0.4, 0.5) is 17.2 Å². The van der Waals surface area contributed by atoms with Crippen molar-refractivity contribution in [3.05, 3.63) is 67.5 Å². The van der Waals surface area contributed by atoms with E-state index in [4.69, 9.17) is 4.98 Å². The van der Waals surface area contributed by atoms with E-state index in [2.05, 4.69) is 61.4 Å². The molecule has 0 saturated carbocycles. The first-order valence-electron chi connectivity index (χ1n) is 11.4. The maximum Gasteiger partial charge on any atom is 0.160 e. The maximum absolute atomic E-state index is 4.70. The van der Waals surface area contributed by atoms with Gasteiger partial charge in [-0.05, 0) is 36.9 Å². The van der Waals surface area contributed by atoms with Gasteiger partial charge in [0.2, 0.25) is 0 Å². The summed E-state index contributed by atoms with van der Waals surface area (Å²) in [4.78, 5) is 21.9. The summed E-state index contributed by atoms with van der Waals surface area (Å²) in [5, 5.41) is 3.47. The van der Waals surface area contributed by atoms with Crippen molar-refractivity contribution in [3.63, 3.8) is 0 Å². The highest BCUT2D eigenvalue weighted by molar-refractivity contribution is 5.84. The highest BCUT2D eigenvalue weighted by Gasteiger charge is 2.16. The van der Waals surface area contributed by atoms with E-state index in [1.165, 1.54) is 5.69 Å². The predicted molar refractivity (Wildman–Crippen MR) is 132 cm³/mol. The van der Waals surface area contributed by atoms with Crippen molar-refractivity contribution in [2.75, 3.05) is 42.9 Å². The van der Waals surface area contributed by atoms with Crippen LogP contribution in [-0.4, -0.2) is 62.0 Å². The minimum absolute atomic E-state index is 0.797. The molecule has 1 aliphatic rings. The summed E-state index contributed by atoms with van der Waals surface area (Å²) in [5.74, 6) is 0.797. The summed E-state index contributed by atoms with van der Waals surface area (Å²) in [6.07, 6.45) is 11.6. The Bertz CT molecular complexity index is 1390. The fourth-order valence-corrected chi connectivity index (χ4v) is 4.48. The molecule has 0 radical (unpaired) electrons. The van der Waals surface area contributed by atoms with Crippen LogP contribution in [0.1, 0.15) is 6.92 Å². The zero-order valence-electron chi connectivity index (χ0n) is 18.6. The fourth-order valence-electron chi connectivity index (χ4n) is 4.48. The molecule has 6 rings (SSSR count). The molecule has 8 nitrogen and oxygen atoms in total. The van der Waals surface area contributed by atoms with Crippen LogP contribution in [0.2, 0.25) is 0 Å². The van der Waals surface area contributed by atoms with Crippen molar-refractivity contribution in [2.24, 2.45) is 0 Å². The molecule has 1 saturated heterocycles. The van der Waals surface area contributed by atoms with Gasteiger partial charge in [0.05, 0.1) is 28.6 Å². The maximum atomic E-state index is 4.70. The number of pyridine rings is 3. The average molecular weight is 439 g/mol. The molecule has 0 aliphatic carbocycles. The Morgan fingerprint density at radius 1 is 0.970 bits per heavy atom. The van der Waals surface area contributed by atoms with E-state index < -0.39 is 0 Å². The van der Waals surface area contributed by atoms with Crippen LogP contribution >= 0.6 is 0 Å². The second kappa shape index (κ2) is 8.22. The number of nitrogens with one attached hydrogen (secondary N) is 2. The lowest BCUT2D eigenvalue weighted by Crippen LogP contribution is -2.46. The topological polar surface area (TPSA) is 77.4 Å². The van der Waals surface area contributed by atoms with Gasteiger partial charge in [-0.1, -0.05) is 6.92 Å². The van der Waals surface area contributed by atoms with Crippen LogP contribution in [-0.2, 0) is 0 Å². The van der Waals surface area contributed by atoms with Gasteiger partial charge in [0.25, 0.3) is 0 Å². The van der Waals surface area contributed by atoms with E-state index in [0.717, 1.165) is 72.0 Å². The van der Waals surface area contributed by atoms with Crippen LogP contribution in [0, 0.1) is 0 Å². The number of aromatic nitrogens is 5. The molecule has 166 valence electrons. The summed E-state index contributed by atoms with van der Waals surface area (Å²) in [5.41, 5.74) is 7.00. The van der Waals surface area contributed by atoms with Crippen molar-refractivity contribution in [3.8, 4) is 11.1 Å². The third kappa shape index (κ3) is 3.78. The van der Waals surface area contributed by atoms with Gasteiger partial charge in [0, 0.05) is 68.3 Å². The number of hydrogen-bond donors (Lipinski definition) is 2. The van der Waals surface area contributed by atoms with Crippen LogP contribution in [0.25, 0.3) is 27.8 Å². The molecule has 0 bridgehead atoms. The van der Waals surface area contributed by atoms with Gasteiger partial charge in [-0.15, -0.1) is 0 Å². The van der Waals surface area contributed by atoms with Crippen molar-refractivity contribution in [2.45, 2.75) is 6.92 Å². The monoisotopic (exact) mass is 438 g/mol. The Kier molecular flexibility index (Phi) is 4.92. The van der Waals surface area contributed by atoms with E-state index in [9.17, 15) is 0 Å². The Balaban J connectivity index is 1.28. The minimum atomic E-state index is 0.797. The summed E-state index contributed by atoms with van der Waals surface area (Å²) < 4.78 is 2.03. The van der Waals surface area contributed by atoms with Crippen LogP contribution in [0.15, 0.2) is 67.5 Å². The van der Waals surface area contributed by atoms with Crippen LogP contribution < -0.4 is 10.2 Å². The summed E-state index contributed by atoms with van der Waals surface area (Å²) >= 11 is 0. The Morgan fingerprint density at radius 3 is 2.70 bits per heavy atom. The number of anilines is 3. The zero-order chi connectivity index (χ0) is 22.2. The molecule has 0 unspecified atom stereocenters. The number of H-pyrrole nitrogens is 1.